The van der Waals surface area contributed by atoms with Crippen molar-refractivity contribution in [3.8, 4) is 12.3 Å². The predicted molar refractivity (Wildman–Crippen MR) is 68.8 cm³/mol. The summed E-state index contributed by atoms with van der Waals surface area (Å²) in [6, 6.07) is 0.298. The Kier molecular flexibility index (Phi) is 5.98. The Morgan fingerprint density at radius 1 is 1.27 bits per heavy atom. The first-order chi connectivity index (χ1) is 6.76. The molecule has 0 aromatic carbocycles. The van der Waals surface area contributed by atoms with E-state index in [1.54, 1.807) is 0 Å². The molecule has 1 atom stereocenters. The Morgan fingerprint density at radius 3 is 2.13 bits per heavy atom. The number of nitrogens with zero attached hydrogens (tertiary/aromatic N) is 1. The zero-order valence-corrected chi connectivity index (χ0v) is 11.3. The highest BCUT2D eigenvalue weighted by Crippen LogP contribution is 2.22. The molecule has 0 aromatic heterocycles. The number of rotatable bonds is 5. The van der Waals surface area contributed by atoms with Crippen LogP contribution in [0.1, 0.15) is 47.5 Å². The second-order valence-electron chi connectivity index (χ2n) is 6.12. The van der Waals surface area contributed by atoms with Crippen molar-refractivity contribution in [2.45, 2.75) is 53.5 Å². The molecular formula is C14H27N. The van der Waals surface area contributed by atoms with Crippen LogP contribution in [0.5, 0.6) is 0 Å². The van der Waals surface area contributed by atoms with Gasteiger partial charge in [0, 0.05) is 6.54 Å². The van der Waals surface area contributed by atoms with E-state index < -0.39 is 0 Å². The summed E-state index contributed by atoms with van der Waals surface area (Å²) in [6.45, 7) is 12.3. The fraction of sp³-hybridized carbons (Fsp3) is 0.857. The Morgan fingerprint density at radius 2 is 1.80 bits per heavy atom. The Balaban J connectivity index is 4.09. The first kappa shape index (κ1) is 14.5. The average Bonchev–Trinajstić information content (AvgIpc) is 2.01. The van der Waals surface area contributed by atoms with Gasteiger partial charge in [-0.1, -0.05) is 40.5 Å². The van der Waals surface area contributed by atoms with E-state index in [4.69, 9.17) is 6.42 Å². The minimum Gasteiger partial charge on any atom is -0.293 e. The van der Waals surface area contributed by atoms with Crippen LogP contribution in [-0.4, -0.2) is 24.5 Å². The van der Waals surface area contributed by atoms with Gasteiger partial charge in [0.2, 0.25) is 0 Å². The Labute approximate surface area is 96.2 Å². The molecule has 0 aliphatic carbocycles. The minimum absolute atomic E-state index is 0.298. The normalized spacial score (nSPS) is 14.3. The van der Waals surface area contributed by atoms with Crippen LogP contribution in [0, 0.1) is 23.7 Å². The third kappa shape index (κ3) is 7.45. The van der Waals surface area contributed by atoms with Gasteiger partial charge in [-0.05, 0) is 31.2 Å². The van der Waals surface area contributed by atoms with E-state index in [2.05, 4.69) is 52.5 Å². The van der Waals surface area contributed by atoms with Gasteiger partial charge < -0.3 is 0 Å². The second-order valence-corrected chi connectivity index (χ2v) is 6.12. The van der Waals surface area contributed by atoms with Gasteiger partial charge in [-0.15, -0.1) is 6.42 Å². The summed E-state index contributed by atoms with van der Waals surface area (Å²) in [5, 5.41) is 0. The molecule has 0 amide bonds. The summed E-state index contributed by atoms with van der Waals surface area (Å²) < 4.78 is 0. The van der Waals surface area contributed by atoms with E-state index in [9.17, 15) is 0 Å². The van der Waals surface area contributed by atoms with Gasteiger partial charge >= 0.3 is 0 Å². The maximum absolute atomic E-state index is 5.59. The highest BCUT2D eigenvalue weighted by Gasteiger charge is 2.17. The molecule has 1 heteroatoms. The van der Waals surface area contributed by atoms with Gasteiger partial charge in [0.15, 0.2) is 0 Å². The maximum Gasteiger partial charge on any atom is 0.0709 e. The van der Waals surface area contributed by atoms with E-state index in [1.807, 2.05) is 0 Å². The van der Waals surface area contributed by atoms with E-state index in [-0.39, 0.29) is 0 Å². The van der Waals surface area contributed by atoms with Gasteiger partial charge in [0.1, 0.15) is 0 Å². The molecule has 0 aromatic rings. The third-order valence-electron chi connectivity index (χ3n) is 2.55. The molecule has 0 saturated carbocycles. The average molecular weight is 209 g/mol. The maximum atomic E-state index is 5.59. The topological polar surface area (TPSA) is 3.24 Å². The molecule has 0 aliphatic heterocycles. The molecule has 0 saturated heterocycles. The first-order valence-corrected chi connectivity index (χ1v) is 5.92. The van der Waals surface area contributed by atoms with Gasteiger partial charge in [0.05, 0.1) is 6.04 Å². The zero-order valence-electron chi connectivity index (χ0n) is 11.3. The molecule has 1 nitrogen and oxygen atoms in total. The molecular weight excluding hydrogens is 182 g/mol. The van der Waals surface area contributed by atoms with Crippen LogP contribution in [0.25, 0.3) is 0 Å². The van der Waals surface area contributed by atoms with Gasteiger partial charge in [0.25, 0.3) is 0 Å². The number of hydrogen-bond acceptors (Lipinski definition) is 1. The van der Waals surface area contributed by atoms with Gasteiger partial charge in [-0.2, -0.15) is 0 Å². The largest absolute Gasteiger partial charge is 0.293 e. The van der Waals surface area contributed by atoms with Crippen molar-refractivity contribution >= 4 is 0 Å². The lowest BCUT2D eigenvalue weighted by atomic mass is 9.88. The van der Waals surface area contributed by atoms with Crippen molar-refractivity contribution < 1.29 is 0 Å². The molecule has 0 N–H and O–H groups in total. The molecule has 0 rings (SSSR count). The molecule has 0 bridgehead atoms. The van der Waals surface area contributed by atoms with Crippen LogP contribution in [0.3, 0.4) is 0 Å². The highest BCUT2D eigenvalue weighted by atomic mass is 15.1. The van der Waals surface area contributed by atoms with Crippen LogP contribution in [0.2, 0.25) is 0 Å². The van der Waals surface area contributed by atoms with Crippen molar-refractivity contribution in [2.75, 3.05) is 13.6 Å². The Hall–Kier alpha value is -0.480. The van der Waals surface area contributed by atoms with Crippen LogP contribution >= 0.6 is 0 Å². The van der Waals surface area contributed by atoms with Gasteiger partial charge in [-0.3, -0.25) is 4.90 Å². The van der Waals surface area contributed by atoms with Crippen LogP contribution in [0.15, 0.2) is 0 Å². The number of hydrogen-bond donors (Lipinski definition) is 0. The smallest absolute Gasteiger partial charge is 0.0709 e. The third-order valence-corrected chi connectivity index (χ3v) is 2.55. The van der Waals surface area contributed by atoms with Crippen LogP contribution in [-0.2, 0) is 0 Å². The van der Waals surface area contributed by atoms with Crippen molar-refractivity contribution in [3.05, 3.63) is 0 Å². The summed E-state index contributed by atoms with van der Waals surface area (Å²) in [6.07, 6.45) is 7.87. The molecule has 0 heterocycles. The molecule has 0 fully saturated rings. The summed E-state index contributed by atoms with van der Waals surface area (Å²) >= 11 is 0. The van der Waals surface area contributed by atoms with Crippen LogP contribution in [0.4, 0.5) is 0 Å². The highest BCUT2D eigenvalue weighted by molar-refractivity contribution is 4.99. The van der Waals surface area contributed by atoms with Crippen molar-refractivity contribution in [3.63, 3.8) is 0 Å². The van der Waals surface area contributed by atoms with Gasteiger partial charge in [-0.25, -0.2) is 0 Å². The molecule has 15 heavy (non-hydrogen) atoms. The fourth-order valence-corrected chi connectivity index (χ4v) is 1.70. The number of terminal acetylenes is 1. The summed E-state index contributed by atoms with van der Waals surface area (Å²) in [5.74, 6) is 3.59. The Bertz CT molecular complexity index is 204. The molecule has 0 radical (unpaired) electrons. The molecule has 88 valence electrons. The fourth-order valence-electron chi connectivity index (χ4n) is 1.70. The first-order valence-electron chi connectivity index (χ1n) is 5.92. The lowest BCUT2D eigenvalue weighted by Crippen LogP contribution is -2.34. The standard InChI is InChI=1S/C14H27N/c1-8-13(9-10-14(4,5)6)15(7)11-12(2)3/h1,12-13H,9-11H2,2-7H3. The van der Waals surface area contributed by atoms with Crippen molar-refractivity contribution in [1.29, 1.82) is 0 Å². The van der Waals surface area contributed by atoms with E-state index in [1.165, 1.54) is 6.42 Å². The minimum atomic E-state index is 0.298. The zero-order chi connectivity index (χ0) is 12.1. The molecule has 0 aliphatic rings. The van der Waals surface area contributed by atoms with E-state index in [0.717, 1.165) is 13.0 Å². The van der Waals surface area contributed by atoms with E-state index >= 15 is 0 Å². The SMILES string of the molecule is C#CC(CCC(C)(C)C)N(C)CC(C)C. The quantitative estimate of drug-likeness (QED) is 0.627. The van der Waals surface area contributed by atoms with E-state index in [0.29, 0.717) is 17.4 Å². The summed E-state index contributed by atoms with van der Waals surface area (Å²) in [4.78, 5) is 2.30. The summed E-state index contributed by atoms with van der Waals surface area (Å²) in [5.41, 5.74) is 0.383. The molecule has 0 spiro atoms. The lowest BCUT2D eigenvalue weighted by Gasteiger charge is -2.28. The summed E-state index contributed by atoms with van der Waals surface area (Å²) in [7, 11) is 2.13. The molecule has 1 unspecified atom stereocenters. The second kappa shape index (κ2) is 6.18. The lowest BCUT2D eigenvalue weighted by molar-refractivity contribution is 0.225. The van der Waals surface area contributed by atoms with Crippen molar-refractivity contribution in [2.24, 2.45) is 11.3 Å². The predicted octanol–water partition coefficient (Wildman–Crippen LogP) is 3.40. The van der Waals surface area contributed by atoms with Crippen LogP contribution < -0.4 is 0 Å². The van der Waals surface area contributed by atoms with Crippen molar-refractivity contribution in [1.82, 2.24) is 4.90 Å². The monoisotopic (exact) mass is 209 g/mol.